The van der Waals surface area contributed by atoms with Crippen LogP contribution in [0.5, 0.6) is 0 Å². The van der Waals surface area contributed by atoms with Crippen LogP contribution in [0.1, 0.15) is 24.2 Å². The fraction of sp³-hybridized carbons (Fsp3) is 0.300. The summed E-state index contributed by atoms with van der Waals surface area (Å²) in [6.07, 6.45) is 1.55. The van der Waals surface area contributed by atoms with Gasteiger partial charge in [-0.2, -0.15) is 0 Å². The van der Waals surface area contributed by atoms with E-state index in [9.17, 15) is 4.79 Å². The average molecular weight is 297 g/mol. The molecule has 3 nitrogen and oxygen atoms in total. The van der Waals surface area contributed by atoms with Gasteiger partial charge in [0.15, 0.2) is 0 Å². The van der Waals surface area contributed by atoms with Crippen molar-refractivity contribution in [1.29, 1.82) is 0 Å². The van der Waals surface area contributed by atoms with Gasteiger partial charge in [0.05, 0.1) is 0 Å². The Morgan fingerprint density at radius 2 is 2.36 bits per heavy atom. The maximum atomic E-state index is 11.5. The van der Waals surface area contributed by atoms with E-state index in [0.717, 1.165) is 3.71 Å². The van der Waals surface area contributed by atoms with Crippen LogP contribution >= 0.6 is 0 Å². The second-order valence-electron chi connectivity index (χ2n) is 3.06. The average Bonchev–Trinajstić information content (AvgIpc) is 2.17. The third-order valence-corrected chi connectivity index (χ3v) is 3.33. The molecule has 1 aromatic heterocycles. The van der Waals surface area contributed by atoms with Crippen LogP contribution in [-0.2, 0) is 4.74 Å². The van der Waals surface area contributed by atoms with Gasteiger partial charge in [-0.05, 0) is 0 Å². The van der Waals surface area contributed by atoms with Crippen LogP contribution in [0.2, 0.25) is 0 Å². The van der Waals surface area contributed by atoms with Crippen LogP contribution in [0, 0.1) is 0 Å². The number of esters is 1. The van der Waals surface area contributed by atoms with Crippen molar-refractivity contribution in [3.8, 4) is 0 Å². The van der Waals surface area contributed by atoms with Crippen molar-refractivity contribution in [2.45, 2.75) is 20.0 Å². The zero-order valence-corrected chi connectivity index (χ0v) is 11.1. The standard InChI is InChI=1S/C9H10NO2.CH2.Sn/c1-7(2)12-9(11)8-3-5-10-6-4-8;;/h3-5,7H,1-2H3;1H2;. The number of nitrogens with zero attached hydrogens (tertiary/aromatic N) is 1. The summed E-state index contributed by atoms with van der Waals surface area (Å²) in [5.74, 6) is -0.281. The van der Waals surface area contributed by atoms with Crippen molar-refractivity contribution in [3.05, 3.63) is 23.9 Å². The molecule has 0 N–H and O–H groups in total. The predicted octanol–water partition coefficient (Wildman–Crippen LogP) is 0.408. The first-order valence-electron chi connectivity index (χ1n) is 4.33. The number of ether oxygens (including phenoxy) is 1. The minimum atomic E-state index is -0.811. The molecule has 0 saturated heterocycles. The summed E-state index contributed by atoms with van der Waals surface area (Å²) in [5, 5.41) is 0. The molecule has 1 heterocycles. The van der Waals surface area contributed by atoms with Crippen molar-refractivity contribution in [1.82, 2.24) is 4.98 Å². The Morgan fingerprint density at radius 3 is 2.93 bits per heavy atom. The molecule has 1 aromatic rings. The van der Waals surface area contributed by atoms with E-state index in [1.54, 1.807) is 18.3 Å². The van der Waals surface area contributed by atoms with Gasteiger partial charge in [0.25, 0.3) is 0 Å². The van der Waals surface area contributed by atoms with Gasteiger partial charge in [-0.3, -0.25) is 0 Å². The van der Waals surface area contributed by atoms with E-state index in [1.807, 2.05) is 13.8 Å². The number of hydrogen-bond acceptors (Lipinski definition) is 3. The Hall–Kier alpha value is -0.711. The van der Waals surface area contributed by atoms with Crippen molar-refractivity contribution >= 4 is 34.9 Å². The molecule has 0 spiro atoms. The van der Waals surface area contributed by atoms with Gasteiger partial charge >= 0.3 is 93.2 Å². The Labute approximate surface area is 93.2 Å². The molecule has 0 saturated carbocycles. The van der Waals surface area contributed by atoms with E-state index in [2.05, 4.69) is 9.51 Å². The minimum absolute atomic E-state index is 0.0844. The van der Waals surface area contributed by atoms with Crippen LogP contribution < -0.4 is 3.71 Å². The van der Waals surface area contributed by atoms with Gasteiger partial charge in [0.2, 0.25) is 0 Å². The molecule has 1 radical (unpaired) electrons. The summed E-state index contributed by atoms with van der Waals surface area (Å²) in [7, 11) is 0. The fourth-order valence-corrected chi connectivity index (χ4v) is 2.14. The fourth-order valence-electron chi connectivity index (χ4n) is 0.936. The van der Waals surface area contributed by atoms with E-state index in [1.165, 1.54) is 0 Å². The van der Waals surface area contributed by atoms with Gasteiger partial charge in [-0.15, -0.1) is 0 Å². The number of rotatable bonds is 3. The van der Waals surface area contributed by atoms with E-state index < -0.39 is 20.7 Å². The molecule has 0 aliphatic carbocycles. The normalized spacial score (nSPS) is 9.93. The van der Waals surface area contributed by atoms with Crippen molar-refractivity contribution in [3.63, 3.8) is 0 Å². The SMILES string of the molecule is [CH2]=[Sn][c]1cc(C(=O)OC(C)C)ccn1. The third kappa shape index (κ3) is 3.21. The van der Waals surface area contributed by atoms with Crippen LogP contribution in [-0.4, -0.2) is 42.2 Å². The Bertz CT molecular complexity index is 350. The molecule has 0 unspecified atom stereocenters. The van der Waals surface area contributed by atoms with E-state index in [4.69, 9.17) is 4.74 Å². The first kappa shape index (κ1) is 11.4. The first-order valence-corrected chi connectivity index (χ1v) is 7.78. The second kappa shape index (κ2) is 5.24. The Balaban J connectivity index is 2.84. The maximum absolute atomic E-state index is 11.5. The topological polar surface area (TPSA) is 39.2 Å². The summed E-state index contributed by atoms with van der Waals surface area (Å²) in [6, 6.07) is 3.45. The summed E-state index contributed by atoms with van der Waals surface area (Å²) in [5.41, 5.74) is 0.577. The van der Waals surface area contributed by atoms with E-state index in [-0.39, 0.29) is 12.1 Å². The Morgan fingerprint density at radius 1 is 1.64 bits per heavy atom. The molecule has 0 aliphatic heterocycles. The monoisotopic (exact) mass is 298 g/mol. The van der Waals surface area contributed by atoms with Gasteiger partial charge in [0, 0.05) is 0 Å². The number of carbonyl (C=O) groups excluding carboxylic acids is 1. The predicted molar refractivity (Wildman–Crippen MR) is 57.3 cm³/mol. The van der Waals surface area contributed by atoms with Gasteiger partial charge < -0.3 is 0 Å². The Kier molecular flexibility index (Phi) is 4.25. The number of hydrogen-bond donors (Lipinski definition) is 0. The molecule has 4 heteroatoms. The summed E-state index contributed by atoms with van der Waals surface area (Å²) < 4.78 is 9.90. The molecular formula is C10H12NO2Sn. The molecule has 0 aromatic carbocycles. The third-order valence-electron chi connectivity index (χ3n) is 1.52. The molecular weight excluding hydrogens is 285 g/mol. The van der Waals surface area contributed by atoms with Crippen molar-refractivity contribution in [2.24, 2.45) is 0 Å². The molecule has 0 aliphatic rings. The van der Waals surface area contributed by atoms with Crippen molar-refractivity contribution < 1.29 is 9.53 Å². The van der Waals surface area contributed by atoms with Gasteiger partial charge in [-0.25, -0.2) is 0 Å². The van der Waals surface area contributed by atoms with E-state index >= 15 is 0 Å². The molecule has 0 atom stereocenters. The number of carbonyl (C=O) groups is 1. The van der Waals surface area contributed by atoms with Gasteiger partial charge in [-0.1, -0.05) is 0 Å². The van der Waals surface area contributed by atoms with E-state index in [0.29, 0.717) is 5.56 Å². The zero-order chi connectivity index (χ0) is 10.6. The second-order valence-corrected chi connectivity index (χ2v) is 5.53. The van der Waals surface area contributed by atoms with Crippen LogP contribution in [0.4, 0.5) is 0 Å². The summed E-state index contributed by atoms with van der Waals surface area (Å²) in [6.45, 7) is 3.66. The first-order chi connectivity index (χ1) is 6.63. The van der Waals surface area contributed by atoms with Crippen LogP contribution in [0.15, 0.2) is 18.3 Å². The molecule has 0 fully saturated rings. The summed E-state index contributed by atoms with van der Waals surface area (Å²) >= 11 is -0.811. The molecule has 14 heavy (non-hydrogen) atoms. The molecule has 0 amide bonds. The summed E-state index contributed by atoms with van der Waals surface area (Å²) in [4.78, 5) is 15.6. The van der Waals surface area contributed by atoms with Gasteiger partial charge in [0.1, 0.15) is 0 Å². The molecule has 73 valence electrons. The van der Waals surface area contributed by atoms with Crippen LogP contribution in [0.25, 0.3) is 0 Å². The van der Waals surface area contributed by atoms with Crippen LogP contribution in [0.3, 0.4) is 0 Å². The number of aromatic nitrogens is 1. The zero-order valence-electron chi connectivity index (χ0n) is 8.28. The molecule has 0 bridgehead atoms. The molecule has 1 rings (SSSR count). The quantitative estimate of drug-likeness (QED) is 0.599. The number of pyridine rings is 1. The van der Waals surface area contributed by atoms with Crippen molar-refractivity contribution in [2.75, 3.05) is 0 Å².